The largest absolute Gasteiger partial charge is 0.383 e. The Morgan fingerprint density at radius 3 is 2.94 bits per heavy atom. The fourth-order valence-corrected chi connectivity index (χ4v) is 1.35. The van der Waals surface area contributed by atoms with Crippen LogP contribution in [0.25, 0.3) is 0 Å². The summed E-state index contributed by atoms with van der Waals surface area (Å²) in [5.74, 6) is -0.0257. The number of ether oxygens (including phenoxy) is 1. The number of carbonyl (C=O) groups is 1. The minimum atomic E-state index is -0.274. The molecule has 2 N–H and O–H groups in total. The zero-order valence-electron chi connectivity index (χ0n) is 10.3. The molecule has 0 bridgehead atoms. The number of methoxy groups -OCH3 is 1. The molecule has 0 aromatic carbocycles. The monoisotopic (exact) mass is 240 g/mol. The van der Waals surface area contributed by atoms with Crippen LogP contribution in [0, 0.1) is 0 Å². The second-order valence-corrected chi connectivity index (χ2v) is 3.70. The fraction of sp³-hybridized carbons (Fsp3) is 0.636. The van der Waals surface area contributed by atoms with Crippen LogP contribution in [0.2, 0.25) is 0 Å². The quantitative estimate of drug-likeness (QED) is 0.617. The highest BCUT2D eigenvalue weighted by Crippen LogP contribution is 2.01. The molecule has 6 nitrogen and oxygen atoms in total. The number of aromatic nitrogens is 2. The summed E-state index contributed by atoms with van der Waals surface area (Å²) in [6, 6.07) is 1.53. The van der Waals surface area contributed by atoms with Crippen molar-refractivity contribution in [3.63, 3.8) is 0 Å². The molecular weight excluding hydrogens is 220 g/mol. The third-order valence-corrected chi connectivity index (χ3v) is 2.39. The minimum absolute atomic E-state index is 0.0257. The van der Waals surface area contributed by atoms with Crippen LogP contribution in [-0.2, 0) is 9.53 Å². The Hall–Kier alpha value is -1.40. The molecule has 17 heavy (non-hydrogen) atoms. The summed E-state index contributed by atoms with van der Waals surface area (Å²) in [5.41, 5.74) is 0. The van der Waals surface area contributed by atoms with Crippen molar-refractivity contribution < 1.29 is 9.53 Å². The van der Waals surface area contributed by atoms with Crippen LogP contribution < -0.4 is 10.6 Å². The Labute approximate surface area is 101 Å². The Morgan fingerprint density at radius 2 is 2.29 bits per heavy atom. The molecule has 1 amide bonds. The first-order chi connectivity index (χ1) is 8.25. The second kappa shape index (κ2) is 7.81. The van der Waals surface area contributed by atoms with Gasteiger partial charge in [0.25, 0.3) is 0 Å². The van der Waals surface area contributed by atoms with Crippen molar-refractivity contribution in [3.8, 4) is 0 Å². The molecule has 0 radical (unpaired) electrons. The Kier molecular flexibility index (Phi) is 6.27. The number of hydrogen-bond acceptors (Lipinski definition) is 4. The van der Waals surface area contributed by atoms with Gasteiger partial charge in [0, 0.05) is 39.1 Å². The fourth-order valence-electron chi connectivity index (χ4n) is 1.35. The molecule has 0 saturated heterocycles. The average molecular weight is 240 g/mol. The normalized spacial score (nSPS) is 12.4. The molecule has 0 fully saturated rings. The molecule has 0 aliphatic carbocycles. The van der Waals surface area contributed by atoms with Crippen molar-refractivity contribution in [1.82, 2.24) is 20.4 Å². The minimum Gasteiger partial charge on any atom is -0.383 e. The van der Waals surface area contributed by atoms with Crippen LogP contribution in [0.3, 0.4) is 0 Å². The van der Waals surface area contributed by atoms with E-state index in [1.54, 1.807) is 30.3 Å². The van der Waals surface area contributed by atoms with Crippen molar-refractivity contribution in [2.24, 2.45) is 0 Å². The summed E-state index contributed by atoms with van der Waals surface area (Å²) < 4.78 is 6.53. The number of nitrogens with zero attached hydrogens (tertiary/aromatic N) is 2. The van der Waals surface area contributed by atoms with Gasteiger partial charge in [-0.15, -0.1) is 0 Å². The van der Waals surface area contributed by atoms with Crippen molar-refractivity contribution in [2.45, 2.75) is 13.0 Å². The van der Waals surface area contributed by atoms with E-state index in [9.17, 15) is 4.79 Å². The molecule has 0 spiro atoms. The molecule has 1 heterocycles. The highest BCUT2D eigenvalue weighted by Gasteiger charge is 2.13. The van der Waals surface area contributed by atoms with Crippen LogP contribution in [0.1, 0.15) is 13.0 Å². The predicted molar refractivity (Wildman–Crippen MR) is 64.7 cm³/mol. The SMILES string of the molecule is COCCNCCNC(=O)C(C)n1cccn1. The lowest BCUT2D eigenvalue weighted by Gasteiger charge is -2.12. The van der Waals surface area contributed by atoms with Gasteiger partial charge in [0.1, 0.15) is 6.04 Å². The Morgan fingerprint density at radius 1 is 1.47 bits per heavy atom. The van der Waals surface area contributed by atoms with E-state index in [2.05, 4.69) is 15.7 Å². The van der Waals surface area contributed by atoms with Gasteiger partial charge < -0.3 is 15.4 Å². The maximum absolute atomic E-state index is 11.7. The summed E-state index contributed by atoms with van der Waals surface area (Å²) >= 11 is 0. The highest BCUT2D eigenvalue weighted by molar-refractivity contribution is 5.79. The molecule has 1 aromatic rings. The highest BCUT2D eigenvalue weighted by atomic mass is 16.5. The van der Waals surface area contributed by atoms with Gasteiger partial charge in [0.2, 0.25) is 5.91 Å². The molecule has 1 aromatic heterocycles. The molecule has 96 valence electrons. The summed E-state index contributed by atoms with van der Waals surface area (Å²) in [7, 11) is 1.66. The molecule has 0 aliphatic heterocycles. The topological polar surface area (TPSA) is 68.2 Å². The number of nitrogens with one attached hydrogen (secondary N) is 2. The zero-order chi connectivity index (χ0) is 12.5. The third kappa shape index (κ3) is 4.97. The van der Waals surface area contributed by atoms with Crippen molar-refractivity contribution in [3.05, 3.63) is 18.5 Å². The average Bonchev–Trinajstić information content (AvgIpc) is 2.86. The van der Waals surface area contributed by atoms with Gasteiger partial charge in [-0.1, -0.05) is 0 Å². The predicted octanol–water partition coefficient (Wildman–Crippen LogP) is -0.204. The van der Waals surface area contributed by atoms with Crippen LogP contribution in [0.15, 0.2) is 18.5 Å². The molecule has 1 atom stereocenters. The first-order valence-corrected chi connectivity index (χ1v) is 5.72. The van der Waals surface area contributed by atoms with E-state index in [1.165, 1.54) is 0 Å². The van der Waals surface area contributed by atoms with E-state index in [-0.39, 0.29) is 11.9 Å². The lowest BCUT2D eigenvalue weighted by molar-refractivity contribution is -0.124. The zero-order valence-corrected chi connectivity index (χ0v) is 10.3. The smallest absolute Gasteiger partial charge is 0.244 e. The van der Waals surface area contributed by atoms with Crippen LogP contribution in [-0.4, -0.2) is 49.0 Å². The number of rotatable bonds is 8. The summed E-state index contributed by atoms with van der Waals surface area (Å²) in [4.78, 5) is 11.7. The maximum Gasteiger partial charge on any atom is 0.244 e. The standard InChI is InChI=1S/C11H20N4O2/c1-10(15-8-3-4-14-15)11(16)13-6-5-12-7-9-17-2/h3-4,8,10,12H,5-7,9H2,1-2H3,(H,13,16). The van der Waals surface area contributed by atoms with Crippen molar-refractivity contribution >= 4 is 5.91 Å². The summed E-state index contributed by atoms with van der Waals surface area (Å²) in [5, 5.41) is 10.0. The van der Waals surface area contributed by atoms with Crippen LogP contribution in [0.5, 0.6) is 0 Å². The maximum atomic E-state index is 11.7. The van der Waals surface area contributed by atoms with Gasteiger partial charge in [-0.25, -0.2) is 0 Å². The van der Waals surface area contributed by atoms with Crippen molar-refractivity contribution in [2.75, 3.05) is 33.4 Å². The van der Waals surface area contributed by atoms with Crippen LogP contribution >= 0.6 is 0 Å². The van der Waals surface area contributed by atoms with E-state index < -0.39 is 0 Å². The van der Waals surface area contributed by atoms with E-state index in [0.29, 0.717) is 13.2 Å². The van der Waals surface area contributed by atoms with Crippen molar-refractivity contribution in [1.29, 1.82) is 0 Å². The lowest BCUT2D eigenvalue weighted by Crippen LogP contribution is -2.36. The van der Waals surface area contributed by atoms with E-state index in [4.69, 9.17) is 4.74 Å². The second-order valence-electron chi connectivity index (χ2n) is 3.70. The van der Waals surface area contributed by atoms with E-state index >= 15 is 0 Å². The number of amides is 1. The molecule has 1 rings (SSSR count). The van der Waals surface area contributed by atoms with Crippen LogP contribution in [0.4, 0.5) is 0 Å². The lowest BCUT2D eigenvalue weighted by atomic mass is 10.3. The molecule has 0 aliphatic rings. The summed E-state index contributed by atoms with van der Waals surface area (Å²) in [6.07, 6.45) is 3.44. The van der Waals surface area contributed by atoms with Gasteiger partial charge >= 0.3 is 0 Å². The van der Waals surface area contributed by atoms with Gasteiger partial charge in [0.15, 0.2) is 0 Å². The van der Waals surface area contributed by atoms with E-state index in [1.807, 2.05) is 6.92 Å². The summed E-state index contributed by atoms with van der Waals surface area (Å²) in [6.45, 7) is 4.63. The van der Waals surface area contributed by atoms with Gasteiger partial charge in [-0.2, -0.15) is 5.10 Å². The molecule has 6 heteroatoms. The number of carbonyl (C=O) groups excluding carboxylic acids is 1. The van der Waals surface area contributed by atoms with Gasteiger partial charge in [0.05, 0.1) is 6.61 Å². The first kappa shape index (κ1) is 13.7. The third-order valence-electron chi connectivity index (χ3n) is 2.39. The molecular formula is C11H20N4O2. The van der Waals surface area contributed by atoms with Gasteiger partial charge in [-0.05, 0) is 13.0 Å². The van der Waals surface area contributed by atoms with Gasteiger partial charge in [-0.3, -0.25) is 9.48 Å². The first-order valence-electron chi connectivity index (χ1n) is 5.72. The molecule has 1 unspecified atom stereocenters. The number of hydrogen-bond donors (Lipinski definition) is 2. The van der Waals surface area contributed by atoms with E-state index in [0.717, 1.165) is 13.1 Å². The Balaban J connectivity index is 2.13. The molecule has 0 saturated carbocycles. The Bertz CT molecular complexity index is 313.